The summed E-state index contributed by atoms with van der Waals surface area (Å²) in [4.78, 5) is 3.80. The lowest BCUT2D eigenvalue weighted by Gasteiger charge is -2.15. The molecule has 0 spiro atoms. The molecule has 0 radical (unpaired) electrons. The van der Waals surface area contributed by atoms with Gasteiger partial charge in [-0.2, -0.15) is 0 Å². The average molecular weight is 339 g/mol. The van der Waals surface area contributed by atoms with E-state index in [0.29, 0.717) is 12.5 Å². The fourth-order valence-corrected chi connectivity index (χ4v) is 3.23. The summed E-state index contributed by atoms with van der Waals surface area (Å²) in [5.74, 6) is 0.348. The van der Waals surface area contributed by atoms with Gasteiger partial charge in [-0.15, -0.1) is 0 Å². The highest BCUT2D eigenvalue weighted by molar-refractivity contribution is 7.89. The Morgan fingerprint density at radius 2 is 2.05 bits per heavy atom. The Bertz CT molecular complexity index is 535. The molecule has 1 heterocycles. The van der Waals surface area contributed by atoms with Crippen LogP contribution in [0.2, 0.25) is 10.2 Å². The van der Waals surface area contributed by atoms with Crippen LogP contribution in [-0.2, 0) is 10.0 Å². The number of nitrogens with zero attached hydrogens (tertiary/aromatic N) is 1. The van der Waals surface area contributed by atoms with Crippen LogP contribution in [0, 0.1) is 5.92 Å². The number of aromatic nitrogens is 1. The third kappa shape index (κ3) is 5.20. The van der Waals surface area contributed by atoms with Crippen LogP contribution < -0.4 is 4.72 Å². The lowest BCUT2D eigenvalue weighted by molar-refractivity contribution is 0.443. The van der Waals surface area contributed by atoms with Crippen molar-refractivity contribution in [2.45, 2.75) is 44.4 Å². The Balaban J connectivity index is 2.71. The Kier molecular flexibility index (Phi) is 7.23. The monoisotopic (exact) mass is 338 g/mol. The number of sulfonamides is 1. The third-order valence-corrected chi connectivity index (χ3v) is 5.26. The van der Waals surface area contributed by atoms with E-state index in [-0.39, 0.29) is 15.1 Å². The minimum Gasteiger partial charge on any atom is -0.242 e. The number of pyridine rings is 1. The molecule has 0 saturated heterocycles. The van der Waals surface area contributed by atoms with Crippen molar-refractivity contribution in [3.8, 4) is 0 Å². The van der Waals surface area contributed by atoms with Crippen molar-refractivity contribution < 1.29 is 8.42 Å². The molecule has 1 unspecified atom stereocenters. The van der Waals surface area contributed by atoms with Crippen LogP contribution in [0.25, 0.3) is 0 Å². The topological polar surface area (TPSA) is 59.1 Å². The molecule has 20 heavy (non-hydrogen) atoms. The Hall–Kier alpha value is -0.360. The highest BCUT2D eigenvalue weighted by atomic mass is 35.5. The van der Waals surface area contributed by atoms with Crippen LogP contribution in [0.5, 0.6) is 0 Å². The van der Waals surface area contributed by atoms with Gasteiger partial charge in [0.15, 0.2) is 0 Å². The van der Waals surface area contributed by atoms with Gasteiger partial charge in [-0.3, -0.25) is 0 Å². The van der Waals surface area contributed by atoms with E-state index in [2.05, 4.69) is 23.6 Å². The van der Waals surface area contributed by atoms with Gasteiger partial charge in [0.2, 0.25) is 10.0 Å². The SMILES string of the molecule is CCCCC(CC)CNS(=O)(=O)c1cnc(Cl)c(Cl)c1. The van der Waals surface area contributed by atoms with E-state index in [4.69, 9.17) is 23.2 Å². The number of nitrogens with one attached hydrogen (secondary N) is 1. The molecule has 4 nitrogen and oxygen atoms in total. The third-order valence-electron chi connectivity index (χ3n) is 3.19. The van der Waals surface area contributed by atoms with E-state index in [9.17, 15) is 8.42 Å². The van der Waals surface area contributed by atoms with Crippen LogP contribution in [0.1, 0.15) is 39.5 Å². The second kappa shape index (κ2) is 8.17. The van der Waals surface area contributed by atoms with E-state index in [1.165, 1.54) is 12.3 Å². The second-order valence-electron chi connectivity index (χ2n) is 4.71. The van der Waals surface area contributed by atoms with Crippen LogP contribution >= 0.6 is 23.2 Å². The van der Waals surface area contributed by atoms with Crippen molar-refractivity contribution in [2.75, 3.05) is 6.54 Å². The zero-order valence-electron chi connectivity index (χ0n) is 11.7. The molecular formula is C13H20Cl2N2O2S. The lowest BCUT2D eigenvalue weighted by Crippen LogP contribution is -2.29. The molecule has 0 saturated carbocycles. The Morgan fingerprint density at radius 3 is 2.60 bits per heavy atom. The summed E-state index contributed by atoms with van der Waals surface area (Å²) in [7, 11) is -3.59. The number of halogens is 2. The van der Waals surface area contributed by atoms with E-state index >= 15 is 0 Å². The van der Waals surface area contributed by atoms with Gasteiger partial charge in [-0.05, 0) is 18.4 Å². The Labute approximate surface area is 130 Å². The highest BCUT2D eigenvalue weighted by Crippen LogP contribution is 2.22. The predicted molar refractivity (Wildman–Crippen MR) is 82.8 cm³/mol. The quantitative estimate of drug-likeness (QED) is 0.731. The molecule has 0 aromatic carbocycles. The molecule has 0 aliphatic heterocycles. The van der Waals surface area contributed by atoms with Gasteiger partial charge in [-0.1, -0.05) is 56.3 Å². The van der Waals surface area contributed by atoms with Crippen LogP contribution in [0.15, 0.2) is 17.2 Å². The van der Waals surface area contributed by atoms with Crippen molar-refractivity contribution >= 4 is 33.2 Å². The summed E-state index contributed by atoms with van der Waals surface area (Å²) >= 11 is 11.5. The molecule has 0 aliphatic carbocycles. The smallest absolute Gasteiger partial charge is 0.242 e. The fraction of sp³-hybridized carbons (Fsp3) is 0.615. The molecule has 1 aromatic heterocycles. The molecule has 7 heteroatoms. The van der Waals surface area contributed by atoms with Crippen molar-refractivity contribution in [2.24, 2.45) is 5.92 Å². The maximum absolute atomic E-state index is 12.1. The Morgan fingerprint density at radius 1 is 1.35 bits per heavy atom. The summed E-state index contributed by atoms with van der Waals surface area (Å²) in [6.45, 7) is 4.62. The van der Waals surface area contributed by atoms with Gasteiger partial charge in [0.25, 0.3) is 0 Å². The summed E-state index contributed by atoms with van der Waals surface area (Å²) in [6, 6.07) is 1.31. The second-order valence-corrected chi connectivity index (χ2v) is 7.24. The summed E-state index contributed by atoms with van der Waals surface area (Å²) < 4.78 is 26.9. The molecule has 1 aromatic rings. The van der Waals surface area contributed by atoms with Gasteiger partial charge in [0.1, 0.15) is 10.0 Å². The van der Waals surface area contributed by atoms with Gasteiger partial charge >= 0.3 is 0 Å². The average Bonchev–Trinajstić information content (AvgIpc) is 2.42. The maximum atomic E-state index is 12.1. The van der Waals surface area contributed by atoms with Gasteiger partial charge < -0.3 is 0 Å². The van der Waals surface area contributed by atoms with Crippen molar-refractivity contribution in [1.82, 2.24) is 9.71 Å². The minimum atomic E-state index is -3.59. The maximum Gasteiger partial charge on any atom is 0.242 e. The van der Waals surface area contributed by atoms with E-state index in [1.54, 1.807) is 0 Å². The molecule has 114 valence electrons. The van der Waals surface area contributed by atoms with Crippen molar-refractivity contribution in [1.29, 1.82) is 0 Å². The van der Waals surface area contributed by atoms with E-state index in [0.717, 1.165) is 25.7 Å². The molecule has 0 bridgehead atoms. The molecular weight excluding hydrogens is 319 g/mol. The number of hydrogen-bond acceptors (Lipinski definition) is 3. The van der Waals surface area contributed by atoms with Crippen LogP contribution in [0.4, 0.5) is 0 Å². The van der Waals surface area contributed by atoms with Crippen molar-refractivity contribution in [3.63, 3.8) is 0 Å². The predicted octanol–water partition coefficient (Wildman–Crippen LogP) is 3.88. The standard InChI is InChI=1S/C13H20Cl2N2O2S/c1-3-5-6-10(4-2)8-17-20(18,19)11-7-12(14)13(15)16-9-11/h7,9-10,17H,3-6,8H2,1-2H3. The van der Waals surface area contributed by atoms with Crippen molar-refractivity contribution in [3.05, 3.63) is 22.4 Å². The zero-order valence-corrected chi connectivity index (χ0v) is 14.0. The first-order chi connectivity index (χ1) is 9.40. The molecule has 1 atom stereocenters. The molecule has 1 N–H and O–H groups in total. The number of hydrogen-bond donors (Lipinski definition) is 1. The first kappa shape index (κ1) is 17.7. The molecule has 0 aliphatic rings. The van der Waals surface area contributed by atoms with Gasteiger partial charge in [0.05, 0.1) is 5.02 Å². The van der Waals surface area contributed by atoms with E-state index in [1.807, 2.05) is 0 Å². The lowest BCUT2D eigenvalue weighted by atomic mass is 10.00. The molecule has 0 amide bonds. The van der Waals surface area contributed by atoms with Gasteiger partial charge in [-0.25, -0.2) is 18.1 Å². The summed E-state index contributed by atoms with van der Waals surface area (Å²) in [5.41, 5.74) is 0. The normalized spacial score (nSPS) is 13.4. The highest BCUT2D eigenvalue weighted by Gasteiger charge is 2.17. The summed E-state index contributed by atoms with van der Waals surface area (Å²) in [5, 5.41) is 0.229. The number of unbranched alkanes of at least 4 members (excludes halogenated alkanes) is 1. The first-order valence-electron chi connectivity index (χ1n) is 6.71. The van der Waals surface area contributed by atoms with Gasteiger partial charge in [0, 0.05) is 12.7 Å². The van der Waals surface area contributed by atoms with Crippen LogP contribution in [-0.4, -0.2) is 19.9 Å². The number of rotatable bonds is 8. The molecule has 1 rings (SSSR count). The largest absolute Gasteiger partial charge is 0.242 e. The minimum absolute atomic E-state index is 0.0391. The van der Waals surface area contributed by atoms with Crippen LogP contribution in [0.3, 0.4) is 0 Å². The summed E-state index contributed by atoms with van der Waals surface area (Å²) in [6.07, 6.45) is 5.40. The van der Waals surface area contributed by atoms with E-state index < -0.39 is 10.0 Å². The fourth-order valence-electron chi connectivity index (χ4n) is 1.80. The molecule has 0 fully saturated rings. The zero-order chi connectivity index (χ0) is 15.2. The first-order valence-corrected chi connectivity index (χ1v) is 8.95.